The van der Waals surface area contributed by atoms with Gasteiger partial charge in [0.25, 0.3) is 4.80 Å². The van der Waals surface area contributed by atoms with Crippen LogP contribution in [0.4, 0.5) is 0 Å². The molecule has 0 aliphatic rings. The quantitative estimate of drug-likeness (QED) is 0.631. The number of hydrogen-bond acceptors (Lipinski definition) is 3. The van der Waals surface area contributed by atoms with E-state index in [1.807, 2.05) is 0 Å². The van der Waals surface area contributed by atoms with Gasteiger partial charge in [-0.3, -0.25) is 4.79 Å². The number of ketones is 1. The Morgan fingerprint density at radius 3 is 3.00 bits per heavy atom. The van der Waals surface area contributed by atoms with Crippen LogP contribution >= 0.6 is 31.9 Å². The number of fused-ring (bicyclic) bond motifs is 1. The van der Waals surface area contributed by atoms with E-state index in [9.17, 15) is 4.79 Å². The van der Waals surface area contributed by atoms with E-state index in [1.54, 1.807) is 18.2 Å². The predicted octanol–water partition coefficient (Wildman–Crippen LogP) is 3.17. The van der Waals surface area contributed by atoms with E-state index in [-0.39, 0.29) is 5.78 Å². The zero-order chi connectivity index (χ0) is 10.1. The van der Waals surface area contributed by atoms with Crippen molar-refractivity contribution in [3.05, 3.63) is 28.6 Å². The van der Waals surface area contributed by atoms with Crippen LogP contribution in [0.25, 0.3) is 11.1 Å². The third kappa shape index (κ3) is 1.74. The van der Waals surface area contributed by atoms with Crippen LogP contribution in [-0.4, -0.2) is 16.1 Å². The summed E-state index contributed by atoms with van der Waals surface area (Å²) in [6.45, 7) is 0. The minimum absolute atomic E-state index is 0.0334. The van der Waals surface area contributed by atoms with Crippen molar-refractivity contribution in [1.82, 2.24) is 4.98 Å². The van der Waals surface area contributed by atoms with Crippen molar-refractivity contribution < 1.29 is 9.21 Å². The van der Waals surface area contributed by atoms with Gasteiger partial charge in [0.2, 0.25) is 0 Å². The first-order valence-electron chi connectivity index (χ1n) is 3.86. The number of aromatic nitrogens is 1. The summed E-state index contributed by atoms with van der Waals surface area (Å²) in [4.78, 5) is 15.8. The molecule has 1 aromatic heterocycles. The Labute approximate surface area is 96.8 Å². The lowest BCUT2D eigenvalue weighted by Crippen LogP contribution is -1.98. The molecule has 1 heterocycles. The van der Waals surface area contributed by atoms with Gasteiger partial charge in [-0.2, -0.15) is 0 Å². The van der Waals surface area contributed by atoms with E-state index in [1.165, 1.54) is 0 Å². The van der Waals surface area contributed by atoms with E-state index in [0.29, 0.717) is 26.8 Å². The number of benzene rings is 1. The summed E-state index contributed by atoms with van der Waals surface area (Å²) in [6.07, 6.45) is 0. The Morgan fingerprint density at radius 1 is 1.50 bits per heavy atom. The predicted molar refractivity (Wildman–Crippen MR) is 59.8 cm³/mol. The topological polar surface area (TPSA) is 43.1 Å². The van der Waals surface area contributed by atoms with Crippen molar-refractivity contribution in [3.8, 4) is 0 Å². The molecule has 0 atom stereocenters. The van der Waals surface area contributed by atoms with Gasteiger partial charge in [0.15, 0.2) is 11.4 Å². The van der Waals surface area contributed by atoms with Crippen LogP contribution in [0.5, 0.6) is 0 Å². The first-order chi connectivity index (χ1) is 6.70. The number of alkyl halides is 1. The lowest BCUT2D eigenvalue weighted by atomic mass is 10.1. The molecule has 1 aromatic carbocycles. The largest absolute Gasteiger partial charge is 0.431 e. The van der Waals surface area contributed by atoms with Gasteiger partial charge in [0.1, 0.15) is 5.52 Å². The van der Waals surface area contributed by atoms with E-state index in [0.717, 1.165) is 0 Å². The third-order valence-corrected chi connectivity index (χ3v) is 2.65. The molecule has 0 bridgehead atoms. The summed E-state index contributed by atoms with van der Waals surface area (Å²) in [7, 11) is 0. The van der Waals surface area contributed by atoms with Gasteiger partial charge in [0.05, 0.1) is 5.33 Å². The molecule has 0 spiro atoms. The van der Waals surface area contributed by atoms with E-state index in [2.05, 4.69) is 36.8 Å². The van der Waals surface area contributed by atoms with Crippen LogP contribution in [-0.2, 0) is 0 Å². The average Bonchev–Trinajstić information content (AvgIpc) is 2.55. The van der Waals surface area contributed by atoms with Crippen LogP contribution in [0.3, 0.4) is 0 Å². The van der Waals surface area contributed by atoms with Gasteiger partial charge >= 0.3 is 0 Å². The fourth-order valence-electron chi connectivity index (χ4n) is 1.15. The summed E-state index contributed by atoms with van der Waals surface area (Å²) in [5.74, 6) is 0.0334. The summed E-state index contributed by atoms with van der Waals surface area (Å²) in [6, 6.07) is 5.18. The van der Waals surface area contributed by atoms with Crippen molar-refractivity contribution in [3.63, 3.8) is 0 Å². The minimum Gasteiger partial charge on any atom is -0.431 e. The van der Waals surface area contributed by atoms with Crippen molar-refractivity contribution in [1.29, 1.82) is 0 Å². The molecule has 72 valence electrons. The number of carbonyl (C=O) groups excluding carboxylic acids is 1. The molecule has 0 unspecified atom stereocenters. The second-order valence-electron chi connectivity index (χ2n) is 2.71. The van der Waals surface area contributed by atoms with Gasteiger partial charge in [-0.05, 0) is 18.2 Å². The maximum absolute atomic E-state index is 11.3. The number of hydrogen-bond donors (Lipinski definition) is 0. The summed E-state index contributed by atoms with van der Waals surface area (Å²) >= 11 is 6.25. The number of oxazole rings is 1. The third-order valence-electron chi connectivity index (χ3n) is 1.80. The van der Waals surface area contributed by atoms with E-state index in [4.69, 9.17) is 4.42 Å². The molecular formula is C9H5Br2NO2. The summed E-state index contributed by atoms with van der Waals surface area (Å²) in [5, 5.41) is 0.317. The van der Waals surface area contributed by atoms with Crippen molar-refractivity contribution >= 4 is 48.7 Å². The molecule has 0 saturated carbocycles. The first-order valence-corrected chi connectivity index (χ1v) is 5.77. The van der Waals surface area contributed by atoms with Crippen LogP contribution in [0.15, 0.2) is 27.4 Å². The second kappa shape index (κ2) is 3.82. The number of carbonyl (C=O) groups is 1. The Morgan fingerprint density at radius 2 is 2.29 bits per heavy atom. The Balaban J connectivity index is 2.55. The van der Waals surface area contributed by atoms with Crippen LogP contribution in [0.2, 0.25) is 0 Å². The number of rotatable bonds is 2. The highest BCUT2D eigenvalue weighted by Gasteiger charge is 2.08. The fraction of sp³-hybridized carbons (Fsp3) is 0.111. The molecule has 0 saturated heterocycles. The molecule has 0 N–H and O–H groups in total. The molecular weight excluding hydrogens is 314 g/mol. The lowest BCUT2D eigenvalue weighted by Gasteiger charge is -1.94. The normalized spacial score (nSPS) is 10.7. The number of halogens is 2. The molecule has 5 heteroatoms. The molecule has 0 radical (unpaired) electrons. The van der Waals surface area contributed by atoms with Gasteiger partial charge in [-0.1, -0.05) is 15.9 Å². The molecule has 14 heavy (non-hydrogen) atoms. The van der Waals surface area contributed by atoms with Crippen LogP contribution < -0.4 is 0 Å². The van der Waals surface area contributed by atoms with E-state index >= 15 is 0 Å². The molecule has 2 aromatic rings. The molecule has 0 aliphatic carbocycles. The van der Waals surface area contributed by atoms with Crippen LogP contribution in [0.1, 0.15) is 10.4 Å². The molecule has 3 nitrogen and oxygen atoms in total. The Kier molecular flexibility index (Phi) is 2.69. The number of Topliss-reactive ketones (excluding diaryl/α,β-unsaturated/α-hetero) is 1. The molecule has 0 amide bonds. The fourth-order valence-corrected chi connectivity index (χ4v) is 1.84. The minimum atomic E-state index is 0.0334. The first kappa shape index (κ1) is 9.86. The number of nitrogens with zero attached hydrogens (tertiary/aromatic N) is 1. The maximum atomic E-state index is 11.3. The summed E-state index contributed by atoms with van der Waals surface area (Å²) in [5.41, 5.74) is 1.99. The molecule has 0 aliphatic heterocycles. The standard InChI is InChI=1S/C9H5Br2NO2/c10-4-7(13)5-1-2-8-6(3-5)12-9(11)14-8/h1-3H,4H2. The van der Waals surface area contributed by atoms with Crippen molar-refractivity contribution in [2.75, 3.05) is 5.33 Å². The van der Waals surface area contributed by atoms with Gasteiger partial charge in [0, 0.05) is 21.5 Å². The second-order valence-corrected chi connectivity index (χ2v) is 3.95. The smallest absolute Gasteiger partial charge is 0.265 e. The zero-order valence-corrected chi connectivity index (χ0v) is 10.1. The Bertz CT molecular complexity index is 493. The average molecular weight is 319 g/mol. The highest BCUT2D eigenvalue weighted by Crippen LogP contribution is 2.20. The van der Waals surface area contributed by atoms with Crippen molar-refractivity contribution in [2.45, 2.75) is 0 Å². The SMILES string of the molecule is O=C(CBr)c1ccc2oc(Br)nc2c1. The van der Waals surface area contributed by atoms with E-state index < -0.39 is 0 Å². The van der Waals surface area contributed by atoms with Gasteiger partial charge in [-0.15, -0.1) is 0 Å². The van der Waals surface area contributed by atoms with Gasteiger partial charge in [-0.25, -0.2) is 4.98 Å². The monoisotopic (exact) mass is 317 g/mol. The summed E-state index contributed by atoms with van der Waals surface area (Å²) < 4.78 is 5.22. The maximum Gasteiger partial charge on any atom is 0.265 e. The molecule has 2 rings (SSSR count). The van der Waals surface area contributed by atoms with Crippen molar-refractivity contribution in [2.24, 2.45) is 0 Å². The lowest BCUT2D eigenvalue weighted by molar-refractivity contribution is 0.102. The van der Waals surface area contributed by atoms with Crippen LogP contribution in [0, 0.1) is 0 Å². The highest BCUT2D eigenvalue weighted by atomic mass is 79.9. The molecule has 0 fully saturated rings. The van der Waals surface area contributed by atoms with Gasteiger partial charge < -0.3 is 4.42 Å². The highest BCUT2D eigenvalue weighted by molar-refractivity contribution is 9.10. The zero-order valence-electron chi connectivity index (χ0n) is 6.96. The Hall–Kier alpha value is -0.680.